The normalized spacial score (nSPS) is 33.2. The minimum atomic E-state index is 0.0673. The van der Waals surface area contributed by atoms with Crippen LogP contribution >= 0.6 is 0 Å². The van der Waals surface area contributed by atoms with Crippen molar-refractivity contribution in [1.29, 1.82) is 0 Å². The fraction of sp³-hybridized carbons (Fsp3) is 0.696. The van der Waals surface area contributed by atoms with E-state index in [1.54, 1.807) is 14.2 Å². The first-order valence-corrected chi connectivity index (χ1v) is 10.00. The second kappa shape index (κ2) is 6.90. The van der Waals surface area contributed by atoms with E-state index in [1.807, 2.05) is 18.2 Å². The number of ketones is 1. The number of benzene rings is 1. The number of carbonyl (C=O) groups is 1. The molecule has 2 saturated carbocycles. The molecule has 3 heteroatoms. The lowest BCUT2D eigenvalue weighted by molar-refractivity contribution is -0.0796. The van der Waals surface area contributed by atoms with Gasteiger partial charge in [0.2, 0.25) is 0 Å². The van der Waals surface area contributed by atoms with E-state index in [1.165, 1.54) is 19.3 Å². The second-order valence-electron chi connectivity index (χ2n) is 9.40. The number of hydrogen-bond donors (Lipinski definition) is 0. The van der Waals surface area contributed by atoms with Crippen molar-refractivity contribution in [3.8, 4) is 11.5 Å². The largest absolute Gasteiger partial charge is 0.497 e. The minimum absolute atomic E-state index is 0.0673. The van der Waals surface area contributed by atoms with E-state index in [-0.39, 0.29) is 17.1 Å². The lowest BCUT2D eigenvalue weighted by Gasteiger charge is -2.58. The van der Waals surface area contributed by atoms with Crippen LogP contribution in [0, 0.1) is 28.6 Å². The number of hydrogen-bond acceptors (Lipinski definition) is 3. The van der Waals surface area contributed by atoms with Crippen molar-refractivity contribution in [3.05, 3.63) is 23.8 Å². The van der Waals surface area contributed by atoms with Gasteiger partial charge in [0.15, 0.2) is 5.78 Å². The average Bonchev–Trinajstić information content (AvgIpc) is 2.59. The SMILES string of the molecule is COc1cc(OC)cc(C(=O)C2[C@H](C)CCC3C(C)(C)CCCC23C)c1. The first kappa shape index (κ1) is 19.3. The Morgan fingerprint density at radius 3 is 2.19 bits per heavy atom. The Bertz CT molecular complexity index is 656. The van der Waals surface area contributed by atoms with E-state index >= 15 is 0 Å². The molecule has 3 rings (SSSR count). The third-order valence-corrected chi connectivity index (χ3v) is 7.38. The van der Waals surface area contributed by atoms with Crippen LogP contribution in [0.25, 0.3) is 0 Å². The Morgan fingerprint density at radius 2 is 1.62 bits per heavy atom. The van der Waals surface area contributed by atoms with Gasteiger partial charge in [0.1, 0.15) is 11.5 Å². The van der Waals surface area contributed by atoms with Gasteiger partial charge in [-0.25, -0.2) is 0 Å². The summed E-state index contributed by atoms with van der Waals surface area (Å²) in [5.74, 6) is 2.72. The van der Waals surface area contributed by atoms with Gasteiger partial charge in [-0.05, 0) is 60.5 Å². The van der Waals surface area contributed by atoms with Crippen molar-refractivity contribution in [3.63, 3.8) is 0 Å². The maximum absolute atomic E-state index is 13.7. The van der Waals surface area contributed by atoms with Gasteiger partial charge in [-0.3, -0.25) is 4.79 Å². The van der Waals surface area contributed by atoms with Crippen LogP contribution in [0.3, 0.4) is 0 Å². The molecule has 2 aliphatic rings. The van der Waals surface area contributed by atoms with Crippen LogP contribution in [-0.2, 0) is 0 Å². The van der Waals surface area contributed by atoms with Crippen LogP contribution in [0.15, 0.2) is 18.2 Å². The zero-order valence-electron chi connectivity index (χ0n) is 17.2. The number of carbonyl (C=O) groups excluding carboxylic acids is 1. The summed E-state index contributed by atoms with van der Waals surface area (Å²) in [7, 11) is 3.26. The summed E-state index contributed by atoms with van der Waals surface area (Å²) in [6.07, 6.45) is 6.04. The third kappa shape index (κ3) is 3.14. The molecule has 0 aromatic heterocycles. The molecule has 1 aromatic carbocycles. The summed E-state index contributed by atoms with van der Waals surface area (Å²) in [6, 6.07) is 5.58. The monoisotopic (exact) mass is 358 g/mol. The number of Topliss-reactive ketones (excluding diaryl/α,β-unsaturated/α-hetero) is 1. The van der Waals surface area contributed by atoms with E-state index < -0.39 is 0 Å². The molecule has 0 N–H and O–H groups in total. The molecule has 144 valence electrons. The van der Waals surface area contributed by atoms with E-state index in [9.17, 15) is 4.79 Å². The molecule has 0 bridgehead atoms. The van der Waals surface area contributed by atoms with Crippen LogP contribution in [0.1, 0.15) is 70.2 Å². The Labute approximate surface area is 158 Å². The van der Waals surface area contributed by atoms with Crippen molar-refractivity contribution in [2.75, 3.05) is 14.2 Å². The molecular weight excluding hydrogens is 324 g/mol. The van der Waals surface area contributed by atoms with E-state index in [0.717, 1.165) is 18.4 Å². The molecule has 3 nitrogen and oxygen atoms in total. The standard InChI is InChI=1S/C23H34O3/c1-15-8-9-19-22(2,3)10-7-11-23(19,4)20(15)21(24)16-12-17(25-5)14-18(13-16)26-6/h12-15,19-20H,7-11H2,1-6H3/t15-,19?,20?,23?/m1/s1. The van der Waals surface area contributed by atoms with Crippen molar-refractivity contribution in [2.24, 2.45) is 28.6 Å². The van der Waals surface area contributed by atoms with Gasteiger partial charge >= 0.3 is 0 Å². The number of methoxy groups -OCH3 is 2. The van der Waals surface area contributed by atoms with Gasteiger partial charge in [0, 0.05) is 17.5 Å². The van der Waals surface area contributed by atoms with Crippen molar-refractivity contribution >= 4 is 5.78 Å². The van der Waals surface area contributed by atoms with Crippen molar-refractivity contribution in [1.82, 2.24) is 0 Å². The highest BCUT2D eigenvalue weighted by Crippen LogP contribution is 2.61. The van der Waals surface area contributed by atoms with Crippen molar-refractivity contribution < 1.29 is 14.3 Å². The second-order valence-corrected chi connectivity index (χ2v) is 9.40. The molecule has 0 heterocycles. The minimum Gasteiger partial charge on any atom is -0.497 e. The van der Waals surface area contributed by atoms with E-state index in [2.05, 4.69) is 27.7 Å². The molecule has 0 aliphatic heterocycles. The van der Waals surface area contributed by atoms with Gasteiger partial charge < -0.3 is 9.47 Å². The molecule has 0 amide bonds. The Balaban J connectivity index is 2.02. The summed E-state index contributed by atoms with van der Waals surface area (Å²) >= 11 is 0. The molecule has 4 atom stereocenters. The van der Waals surface area contributed by atoms with Gasteiger partial charge in [-0.2, -0.15) is 0 Å². The van der Waals surface area contributed by atoms with E-state index in [4.69, 9.17) is 9.47 Å². The van der Waals surface area contributed by atoms with Crippen LogP contribution in [0.5, 0.6) is 11.5 Å². The fourth-order valence-corrected chi connectivity index (χ4v) is 6.19. The summed E-state index contributed by atoms with van der Waals surface area (Å²) in [4.78, 5) is 13.7. The molecule has 2 fully saturated rings. The maximum Gasteiger partial charge on any atom is 0.167 e. The molecular formula is C23H34O3. The fourth-order valence-electron chi connectivity index (χ4n) is 6.19. The smallest absolute Gasteiger partial charge is 0.167 e. The molecule has 3 unspecified atom stereocenters. The van der Waals surface area contributed by atoms with Crippen LogP contribution in [0.2, 0.25) is 0 Å². The van der Waals surface area contributed by atoms with Crippen LogP contribution in [-0.4, -0.2) is 20.0 Å². The third-order valence-electron chi connectivity index (χ3n) is 7.38. The first-order chi connectivity index (χ1) is 12.2. The van der Waals surface area contributed by atoms with Gasteiger partial charge in [-0.1, -0.05) is 34.1 Å². The Kier molecular flexibility index (Phi) is 5.11. The lowest BCUT2D eigenvalue weighted by atomic mass is 9.46. The summed E-state index contributed by atoms with van der Waals surface area (Å²) in [5, 5.41) is 0. The predicted molar refractivity (Wildman–Crippen MR) is 105 cm³/mol. The van der Waals surface area contributed by atoms with Gasteiger partial charge in [0.05, 0.1) is 14.2 Å². The highest BCUT2D eigenvalue weighted by Gasteiger charge is 2.55. The first-order valence-electron chi connectivity index (χ1n) is 10.00. The average molecular weight is 359 g/mol. The van der Waals surface area contributed by atoms with E-state index in [0.29, 0.717) is 28.7 Å². The molecule has 2 aliphatic carbocycles. The zero-order chi connectivity index (χ0) is 19.1. The van der Waals surface area contributed by atoms with Crippen LogP contribution in [0.4, 0.5) is 0 Å². The predicted octanol–water partition coefficient (Wildman–Crippen LogP) is 5.77. The number of rotatable bonds is 4. The highest BCUT2D eigenvalue weighted by atomic mass is 16.5. The number of fused-ring (bicyclic) bond motifs is 1. The Hall–Kier alpha value is -1.51. The molecule has 26 heavy (non-hydrogen) atoms. The topological polar surface area (TPSA) is 35.5 Å². The maximum atomic E-state index is 13.7. The van der Waals surface area contributed by atoms with Gasteiger partial charge in [-0.15, -0.1) is 0 Å². The summed E-state index contributed by atoms with van der Waals surface area (Å²) in [5.41, 5.74) is 1.12. The molecule has 1 aromatic rings. The Morgan fingerprint density at radius 1 is 1.00 bits per heavy atom. The summed E-state index contributed by atoms with van der Waals surface area (Å²) < 4.78 is 10.8. The van der Waals surface area contributed by atoms with Crippen LogP contribution < -0.4 is 9.47 Å². The zero-order valence-corrected chi connectivity index (χ0v) is 17.2. The van der Waals surface area contributed by atoms with Gasteiger partial charge in [0.25, 0.3) is 0 Å². The number of ether oxygens (including phenoxy) is 2. The van der Waals surface area contributed by atoms with Crippen molar-refractivity contribution in [2.45, 2.75) is 59.8 Å². The molecule has 0 radical (unpaired) electrons. The quantitative estimate of drug-likeness (QED) is 0.641. The lowest BCUT2D eigenvalue weighted by Crippen LogP contribution is -2.53. The summed E-state index contributed by atoms with van der Waals surface area (Å²) in [6.45, 7) is 9.46. The molecule has 0 saturated heterocycles. The highest BCUT2D eigenvalue weighted by molar-refractivity contribution is 5.99. The molecule has 0 spiro atoms.